The summed E-state index contributed by atoms with van der Waals surface area (Å²) in [6.07, 6.45) is 0. The summed E-state index contributed by atoms with van der Waals surface area (Å²) in [6, 6.07) is 2.95. The lowest BCUT2D eigenvalue weighted by molar-refractivity contribution is 0.302. The van der Waals surface area contributed by atoms with Crippen molar-refractivity contribution in [3.05, 3.63) is 17.7 Å². The number of rotatable bonds is 3. The van der Waals surface area contributed by atoms with Gasteiger partial charge in [0.25, 0.3) is 0 Å². The third-order valence-corrected chi connectivity index (χ3v) is 2.79. The number of phenols is 1. The molecule has 0 aromatic heterocycles. The molecule has 0 aliphatic rings. The molecular formula is C13H21NO3. The average molecular weight is 239 g/mol. The fraction of sp³-hybridized carbons (Fsp3) is 0.538. The fourth-order valence-electron chi connectivity index (χ4n) is 1.62. The lowest BCUT2D eigenvalue weighted by Gasteiger charge is -2.29. The molecule has 3 N–H and O–H groups in total. The van der Waals surface area contributed by atoms with Crippen molar-refractivity contribution in [3.8, 4) is 17.2 Å². The quantitative estimate of drug-likeness (QED) is 0.850. The van der Waals surface area contributed by atoms with Crippen molar-refractivity contribution in [1.29, 1.82) is 0 Å². The second kappa shape index (κ2) is 4.84. The Hall–Kier alpha value is -1.42. The summed E-state index contributed by atoms with van der Waals surface area (Å²) in [5.74, 6) is 1.19. The van der Waals surface area contributed by atoms with Crippen LogP contribution in [0.15, 0.2) is 12.1 Å². The van der Waals surface area contributed by atoms with Gasteiger partial charge in [0.2, 0.25) is 0 Å². The Balaban J connectivity index is 3.32. The number of nitrogens with two attached hydrogens (primary N) is 1. The zero-order valence-corrected chi connectivity index (χ0v) is 11.1. The molecule has 17 heavy (non-hydrogen) atoms. The highest BCUT2D eigenvalue weighted by Gasteiger charge is 2.28. The summed E-state index contributed by atoms with van der Waals surface area (Å²) in [6.45, 7) is 6.04. The van der Waals surface area contributed by atoms with Crippen molar-refractivity contribution in [1.82, 2.24) is 0 Å². The molecule has 0 fully saturated rings. The predicted molar refractivity (Wildman–Crippen MR) is 67.6 cm³/mol. The second-order valence-electron chi connectivity index (χ2n) is 5.11. The molecule has 1 aromatic carbocycles. The summed E-state index contributed by atoms with van der Waals surface area (Å²) in [7, 11) is 3.09. The van der Waals surface area contributed by atoms with E-state index in [-0.39, 0.29) is 17.2 Å². The maximum atomic E-state index is 10.0. The summed E-state index contributed by atoms with van der Waals surface area (Å²) >= 11 is 0. The molecule has 4 heteroatoms. The van der Waals surface area contributed by atoms with E-state index in [4.69, 9.17) is 15.2 Å². The number of phenolic OH excluding ortho intramolecular Hbond substituents is 1. The van der Waals surface area contributed by atoms with Crippen LogP contribution in [0.2, 0.25) is 0 Å². The largest absolute Gasteiger partial charge is 0.507 e. The molecule has 0 saturated carbocycles. The van der Waals surface area contributed by atoms with Gasteiger partial charge < -0.3 is 20.3 Å². The first-order valence-corrected chi connectivity index (χ1v) is 5.51. The number of ether oxygens (including phenoxy) is 2. The minimum absolute atomic E-state index is 0.101. The summed E-state index contributed by atoms with van der Waals surface area (Å²) < 4.78 is 10.3. The molecule has 0 unspecified atom stereocenters. The van der Waals surface area contributed by atoms with E-state index in [0.717, 1.165) is 0 Å². The summed E-state index contributed by atoms with van der Waals surface area (Å²) in [5.41, 5.74) is 6.60. The van der Waals surface area contributed by atoms with Gasteiger partial charge in [0.05, 0.1) is 19.8 Å². The Morgan fingerprint density at radius 2 is 1.76 bits per heavy atom. The minimum atomic E-state index is -0.316. The molecule has 4 nitrogen and oxygen atoms in total. The molecular weight excluding hydrogens is 218 g/mol. The Morgan fingerprint density at radius 3 is 2.18 bits per heavy atom. The normalized spacial score (nSPS) is 13.3. The first kappa shape index (κ1) is 13.6. The van der Waals surface area contributed by atoms with Crippen LogP contribution in [0, 0.1) is 5.41 Å². The van der Waals surface area contributed by atoms with Crippen molar-refractivity contribution in [3.63, 3.8) is 0 Å². The zero-order chi connectivity index (χ0) is 13.2. The van der Waals surface area contributed by atoms with Gasteiger partial charge in [0.1, 0.15) is 17.2 Å². The van der Waals surface area contributed by atoms with E-state index in [0.29, 0.717) is 17.1 Å². The Kier molecular flexibility index (Phi) is 3.88. The van der Waals surface area contributed by atoms with Gasteiger partial charge in [-0.1, -0.05) is 20.8 Å². The van der Waals surface area contributed by atoms with Gasteiger partial charge >= 0.3 is 0 Å². The van der Waals surface area contributed by atoms with E-state index in [9.17, 15) is 5.11 Å². The minimum Gasteiger partial charge on any atom is -0.507 e. The maximum Gasteiger partial charge on any atom is 0.131 e. The lowest BCUT2D eigenvalue weighted by Crippen LogP contribution is -2.26. The van der Waals surface area contributed by atoms with Crippen LogP contribution >= 0.6 is 0 Å². The van der Waals surface area contributed by atoms with E-state index in [1.807, 2.05) is 20.8 Å². The van der Waals surface area contributed by atoms with Gasteiger partial charge in [0, 0.05) is 18.2 Å². The summed E-state index contributed by atoms with van der Waals surface area (Å²) in [4.78, 5) is 0. The van der Waals surface area contributed by atoms with E-state index in [2.05, 4.69) is 0 Å². The zero-order valence-electron chi connectivity index (χ0n) is 11.1. The molecule has 0 amide bonds. The number of hydrogen-bond acceptors (Lipinski definition) is 4. The van der Waals surface area contributed by atoms with Gasteiger partial charge in [-0.3, -0.25) is 0 Å². The van der Waals surface area contributed by atoms with Crippen molar-refractivity contribution >= 4 is 0 Å². The molecule has 0 spiro atoms. The van der Waals surface area contributed by atoms with Crippen LogP contribution in [0.5, 0.6) is 17.2 Å². The number of hydrogen-bond donors (Lipinski definition) is 2. The van der Waals surface area contributed by atoms with E-state index >= 15 is 0 Å². The Bertz CT molecular complexity index is 396. The van der Waals surface area contributed by atoms with E-state index < -0.39 is 0 Å². The van der Waals surface area contributed by atoms with Crippen LogP contribution in [-0.4, -0.2) is 19.3 Å². The van der Waals surface area contributed by atoms with Crippen molar-refractivity contribution in [2.75, 3.05) is 14.2 Å². The topological polar surface area (TPSA) is 64.7 Å². The standard InChI is InChI=1S/C13H21NO3/c1-13(2,3)12(14)11-9(15)6-8(16-4)7-10(11)17-5/h6-7,12,15H,14H2,1-5H3/t12-/m0/s1. The predicted octanol–water partition coefficient (Wildman–Crippen LogP) is 2.46. The third-order valence-electron chi connectivity index (χ3n) is 2.79. The van der Waals surface area contributed by atoms with Crippen LogP contribution in [0.1, 0.15) is 32.4 Å². The van der Waals surface area contributed by atoms with E-state index in [1.54, 1.807) is 19.2 Å². The molecule has 0 saturated heterocycles. The number of aromatic hydroxyl groups is 1. The van der Waals surface area contributed by atoms with Crippen LogP contribution in [-0.2, 0) is 0 Å². The smallest absolute Gasteiger partial charge is 0.131 e. The van der Waals surface area contributed by atoms with Gasteiger partial charge in [-0.2, -0.15) is 0 Å². The van der Waals surface area contributed by atoms with Crippen molar-refractivity contribution in [2.24, 2.45) is 11.1 Å². The highest BCUT2D eigenvalue weighted by molar-refractivity contribution is 5.52. The van der Waals surface area contributed by atoms with E-state index in [1.165, 1.54) is 7.11 Å². The molecule has 0 aliphatic heterocycles. The van der Waals surface area contributed by atoms with Crippen molar-refractivity contribution in [2.45, 2.75) is 26.8 Å². The Morgan fingerprint density at radius 1 is 1.18 bits per heavy atom. The molecule has 1 rings (SSSR count). The molecule has 0 aliphatic carbocycles. The lowest BCUT2D eigenvalue weighted by atomic mass is 9.82. The van der Waals surface area contributed by atoms with Gasteiger partial charge in [-0.15, -0.1) is 0 Å². The molecule has 0 radical (unpaired) electrons. The van der Waals surface area contributed by atoms with Crippen LogP contribution in [0.3, 0.4) is 0 Å². The average Bonchev–Trinajstić information content (AvgIpc) is 2.25. The SMILES string of the molecule is COc1cc(O)c([C@H](N)C(C)(C)C)c(OC)c1. The maximum absolute atomic E-state index is 10.0. The third kappa shape index (κ3) is 2.82. The van der Waals surface area contributed by atoms with Gasteiger partial charge in [-0.05, 0) is 5.41 Å². The molecule has 0 heterocycles. The second-order valence-corrected chi connectivity index (χ2v) is 5.11. The first-order chi connectivity index (χ1) is 7.81. The monoisotopic (exact) mass is 239 g/mol. The number of methoxy groups -OCH3 is 2. The van der Waals surface area contributed by atoms with Crippen LogP contribution in [0.25, 0.3) is 0 Å². The fourth-order valence-corrected chi connectivity index (χ4v) is 1.62. The van der Waals surface area contributed by atoms with Gasteiger partial charge in [-0.25, -0.2) is 0 Å². The van der Waals surface area contributed by atoms with Gasteiger partial charge in [0.15, 0.2) is 0 Å². The Labute approximate surface area is 102 Å². The summed E-state index contributed by atoms with van der Waals surface area (Å²) in [5, 5.41) is 10.0. The first-order valence-electron chi connectivity index (χ1n) is 5.51. The molecule has 96 valence electrons. The van der Waals surface area contributed by atoms with Crippen LogP contribution in [0.4, 0.5) is 0 Å². The molecule has 1 atom stereocenters. The van der Waals surface area contributed by atoms with Crippen LogP contribution < -0.4 is 15.2 Å². The molecule has 0 bridgehead atoms. The highest BCUT2D eigenvalue weighted by atomic mass is 16.5. The van der Waals surface area contributed by atoms with Crippen molar-refractivity contribution < 1.29 is 14.6 Å². The highest BCUT2D eigenvalue weighted by Crippen LogP contribution is 2.42. The number of benzene rings is 1. The molecule has 1 aromatic rings.